The number of unbranched alkanes of at least 4 members (excludes halogenated alkanes) is 12. The van der Waals surface area contributed by atoms with Crippen LogP contribution in [0.5, 0.6) is 0 Å². The minimum Gasteiger partial charge on any atom is -0.480 e. The van der Waals surface area contributed by atoms with E-state index in [1.54, 1.807) is 0 Å². The first kappa shape index (κ1) is 54.3. The maximum atomic E-state index is 12.8. The molecule has 0 saturated carbocycles. The Kier molecular flexibility index (Phi) is 41.6. The molecule has 0 fully saturated rings. The lowest BCUT2D eigenvalue weighted by Gasteiger charge is -2.16. The minimum absolute atomic E-state index is 0.180. The van der Waals surface area contributed by atoms with Crippen LogP contribution in [-0.4, -0.2) is 41.6 Å². The van der Waals surface area contributed by atoms with Crippen LogP contribution in [-0.2, 0) is 19.1 Å². The number of allylic oxidation sites excluding steroid dienone is 15. The number of amides is 1. The zero-order chi connectivity index (χ0) is 42.4. The standard InChI is InChI=1S/C51H84N2O5/c1-3-5-7-9-11-13-15-17-19-20-21-22-23-24-25-27-29-31-33-35-37-45-50(55)58-47(42-38-39-44-49(54)53-48(51(56)57)43-40-46-52)41-36-34-32-30-28-26-18-16-14-12-10-8-6-4-2/h6,8,12,14-15,17-18,20-21,23-24,26,30,32,36,41,47-48H,3-5,7,9-11,13,16,19,22,25,27-29,31,33-35,37-40,42-46,52H2,1-2H3,(H,53,54)(H,56,57)/b8-6-,14-12-,17-15-,21-20-,24-23-,26-18-,32-30-,41-36-. The van der Waals surface area contributed by atoms with Crippen molar-refractivity contribution in [3.8, 4) is 0 Å². The summed E-state index contributed by atoms with van der Waals surface area (Å²) in [5.74, 6) is -1.51. The van der Waals surface area contributed by atoms with Gasteiger partial charge in [0.25, 0.3) is 0 Å². The number of aliphatic carboxylic acids is 1. The molecule has 2 atom stereocenters. The third-order valence-electron chi connectivity index (χ3n) is 9.62. The second-order valence-corrected chi connectivity index (χ2v) is 15.1. The quantitative estimate of drug-likeness (QED) is 0.0322. The zero-order valence-electron chi connectivity index (χ0n) is 36.8. The van der Waals surface area contributed by atoms with Crippen molar-refractivity contribution < 1.29 is 24.2 Å². The number of rotatable bonds is 40. The van der Waals surface area contributed by atoms with Gasteiger partial charge in [-0.25, -0.2) is 4.79 Å². The van der Waals surface area contributed by atoms with Crippen LogP contribution in [0.15, 0.2) is 97.2 Å². The summed E-state index contributed by atoms with van der Waals surface area (Å²) in [6.45, 7) is 4.78. The molecule has 58 heavy (non-hydrogen) atoms. The molecule has 2 unspecified atom stereocenters. The summed E-state index contributed by atoms with van der Waals surface area (Å²) < 4.78 is 5.88. The van der Waals surface area contributed by atoms with Crippen LogP contribution >= 0.6 is 0 Å². The maximum Gasteiger partial charge on any atom is 0.326 e. The molecule has 7 nitrogen and oxygen atoms in total. The number of carbonyl (C=O) groups is 3. The zero-order valence-corrected chi connectivity index (χ0v) is 36.8. The fourth-order valence-corrected chi connectivity index (χ4v) is 6.17. The summed E-state index contributed by atoms with van der Waals surface area (Å²) in [5, 5.41) is 12.0. The van der Waals surface area contributed by atoms with E-state index >= 15 is 0 Å². The lowest BCUT2D eigenvalue weighted by atomic mass is 10.1. The number of carboxylic acids is 1. The summed E-state index contributed by atoms with van der Waals surface area (Å²) in [6, 6.07) is -0.918. The van der Waals surface area contributed by atoms with Crippen LogP contribution in [0, 0.1) is 0 Å². The summed E-state index contributed by atoms with van der Waals surface area (Å²) >= 11 is 0. The fourth-order valence-electron chi connectivity index (χ4n) is 6.17. The van der Waals surface area contributed by atoms with Gasteiger partial charge in [-0.1, -0.05) is 156 Å². The number of hydrogen-bond acceptors (Lipinski definition) is 5. The average molecular weight is 805 g/mol. The Hall–Kier alpha value is -3.71. The summed E-state index contributed by atoms with van der Waals surface area (Å²) in [4.78, 5) is 36.6. The normalized spacial score (nSPS) is 13.6. The number of carboxylic acid groups (broad SMARTS) is 1. The van der Waals surface area contributed by atoms with E-state index in [9.17, 15) is 19.5 Å². The third kappa shape index (κ3) is 40.5. The molecule has 0 aromatic heterocycles. The van der Waals surface area contributed by atoms with Gasteiger partial charge in [0.05, 0.1) is 0 Å². The van der Waals surface area contributed by atoms with Crippen LogP contribution in [0.25, 0.3) is 0 Å². The highest BCUT2D eigenvalue weighted by Crippen LogP contribution is 2.14. The van der Waals surface area contributed by atoms with Gasteiger partial charge in [0.1, 0.15) is 12.1 Å². The average Bonchev–Trinajstić information content (AvgIpc) is 3.21. The number of ether oxygens (including phenoxy) is 1. The van der Waals surface area contributed by atoms with Crippen LogP contribution in [0.2, 0.25) is 0 Å². The van der Waals surface area contributed by atoms with Crippen molar-refractivity contribution in [2.24, 2.45) is 5.73 Å². The molecule has 0 aliphatic heterocycles. The van der Waals surface area contributed by atoms with Crippen molar-refractivity contribution in [1.82, 2.24) is 5.32 Å². The number of nitrogens with two attached hydrogens (primary N) is 1. The molecule has 0 aromatic rings. The number of carbonyl (C=O) groups excluding carboxylic acids is 2. The molecular weight excluding hydrogens is 721 g/mol. The second-order valence-electron chi connectivity index (χ2n) is 15.1. The Morgan fingerprint density at radius 2 is 1.00 bits per heavy atom. The molecule has 0 aliphatic rings. The van der Waals surface area contributed by atoms with Crippen LogP contribution in [0.3, 0.4) is 0 Å². The lowest BCUT2D eigenvalue weighted by Crippen LogP contribution is -2.40. The summed E-state index contributed by atoms with van der Waals surface area (Å²) in [7, 11) is 0. The van der Waals surface area contributed by atoms with E-state index in [4.69, 9.17) is 10.5 Å². The van der Waals surface area contributed by atoms with Gasteiger partial charge in [-0.2, -0.15) is 0 Å². The predicted molar refractivity (Wildman–Crippen MR) is 248 cm³/mol. The fraction of sp³-hybridized carbons (Fsp3) is 0.627. The van der Waals surface area contributed by atoms with Crippen LogP contribution in [0.1, 0.15) is 187 Å². The molecule has 0 rings (SSSR count). The van der Waals surface area contributed by atoms with Crippen molar-refractivity contribution >= 4 is 17.8 Å². The second kappa shape index (κ2) is 44.4. The van der Waals surface area contributed by atoms with E-state index in [1.807, 2.05) is 12.2 Å². The van der Waals surface area contributed by atoms with Gasteiger partial charge >= 0.3 is 11.9 Å². The van der Waals surface area contributed by atoms with Crippen molar-refractivity contribution in [2.75, 3.05) is 6.54 Å². The molecule has 4 N–H and O–H groups in total. The molecule has 0 bridgehead atoms. The summed E-state index contributed by atoms with van der Waals surface area (Å²) in [5.41, 5.74) is 5.50. The maximum absolute atomic E-state index is 12.8. The van der Waals surface area contributed by atoms with Crippen LogP contribution < -0.4 is 11.1 Å². The van der Waals surface area contributed by atoms with Gasteiger partial charge in [0, 0.05) is 12.8 Å². The van der Waals surface area contributed by atoms with Crippen molar-refractivity contribution in [3.05, 3.63) is 97.2 Å². The predicted octanol–water partition coefficient (Wildman–Crippen LogP) is 13.4. The van der Waals surface area contributed by atoms with E-state index in [-0.39, 0.29) is 24.4 Å². The van der Waals surface area contributed by atoms with Crippen molar-refractivity contribution in [2.45, 2.75) is 199 Å². The largest absolute Gasteiger partial charge is 0.480 e. The monoisotopic (exact) mass is 805 g/mol. The van der Waals surface area contributed by atoms with E-state index in [0.717, 1.165) is 70.6 Å². The first-order valence-electron chi connectivity index (χ1n) is 23.1. The third-order valence-corrected chi connectivity index (χ3v) is 9.62. The molecule has 0 spiro atoms. The molecule has 0 radical (unpaired) electrons. The highest BCUT2D eigenvalue weighted by molar-refractivity contribution is 5.83. The molecule has 7 heteroatoms. The van der Waals surface area contributed by atoms with Crippen molar-refractivity contribution in [3.63, 3.8) is 0 Å². The van der Waals surface area contributed by atoms with E-state index < -0.39 is 12.0 Å². The number of hydrogen-bond donors (Lipinski definition) is 3. The highest BCUT2D eigenvalue weighted by atomic mass is 16.5. The van der Waals surface area contributed by atoms with Gasteiger partial charge < -0.3 is 20.9 Å². The van der Waals surface area contributed by atoms with Gasteiger partial charge in [-0.3, -0.25) is 9.59 Å². The smallest absolute Gasteiger partial charge is 0.326 e. The number of esters is 1. The molecule has 0 heterocycles. The molecule has 1 amide bonds. The first-order valence-corrected chi connectivity index (χ1v) is 23.1. The molecule has 0 saturated heterocycles. The minimum atomic E-state index is -1.04. The highest BCUT2D eigenvalue weighted by Gasteiger charge is 2.19. The Bertz CT molecular complexity index is 1230. The van der Waals surface area contributed by atoms with Gasteiger partial charge in [0.15, 0.2) is 0 Å². The Morgan fingerprint density at radius 3 is 1.52 bits per heavy atom. The Morgan fingerprint density at radius 1 is 0.534 bits per heavy atom. The lowest BCUT2D eigenvalue weighted by molar-refractivity contribution is -0.147. The van der Waals surface area contributed by atoms with Crippen LogP contribution in [0.4, 0.5) is 0 Å². The first-order chi connectivity index (χ1) is 28.4. The van der Waals surface area contributed by atoms with Gasteiger partial charge in [-0.15, -0.1) is 0 Å². The van der Waals surface area contributed by atoms with Gasteiger partial charge in [-0.05, 0) is 122 Å². The topological polar surface area (TPSA) is 119 Å². The van der Waals surface area contributed by atoms with E-state index in [1.165, 1.54) is 57.8 Å². The summed E-state index contributed by atoms with van der Waals surface area (Å²) in [6.07, 6.45) is 60.3. The molecule has 328 valence electrons. The van der Waals surface area contributed by atoms with Gasteiger partial charge in [0.2, 0.25) is 5.91 Å². The SMILES string of the molecule is CC/C=C\C/C=C\C/C=C\C/C=C\C/C=C\C(CCCCC(=O)NC(CCCN)C(=O)O)OC(=O)CCCCCCCC/C=C\C/C=C\C/C=C\CCCCCCC. The Labute approximate surface area is 355 Å². The van der Waals surface area contributed by atoms with Crippen molar-refractivity contribution in [1.29, 1.82) is 0 Å². The molecule has 0 aliphatic carbocycles. The number of nitrogens with one attached hydrogen (secondary N) is 1. The van der Waals surface area contributed by atoms with E-state index in [2.05, 4.69) is 104 Å². The Balaban J connectivity index is 4.48. The molecule has 0 aromatic carbocycles. The molecular formula is C51H84N2O5. The van der Waals surface area contributed by atoms with E-state index in [0.29, 0.717) is 45.1 Å².